The summed E-state index contributed by atoms with van der Waals surface area (Å²) in [5.41, 5.74) is -2.33. The van der Waals surface area contributed by atoms with Gasteiger partial charge in [-0.15, -0.1) is 0 Å². The number of amides is 1. The first-order chi connectivity index (χ1) is 20.8. The van der Waals surface area contributed by atoms with Gasteiger partial charge in [0.1, 0.15) is 18.5 Å². The summed E-state index contributed by atoms with van der Waals surface area (Å²) in [6.07, 6.45) is -8.21. The predicted molar refractivity (Wildman–Crippen MR) is 152 cm³/mol. The zero-order valence-corrected chi connectivity index (χ0v) is 25.9. The topological polar surface area (TPSA) is 124 Å². The molecule has 0 spiro atoms. The van der Waals surface area contributed by atoms with E-state index in [1.54, 1.807) is 0 Å². The molecule has 19 heteroatoms. The molecule has 3 rings (SSSR count). The van der Waals surface area contributed by atoms with Gasteiger partial charge < -0.3 is 15.0 Å². The van der Waals surface area contributed by atoms with Crippen molar-refractivity contribution in [3.05, 3.63) is 51.7 Å². The Kier molecular flexibility index (Phi) is 11.7. The molecule has 1 aliphatic rings. The number of carbonyl (C=O) groups excluding carboxylic acids is 1. The van der Waals surface area contributed by atoms with E-state index in [4.69, 9.17) is 9.57 Å². The molecule has 250 valence electrons. The normalized spacial score (nSPS) is 17.8. The molecule has 1 saturated heterocycles. The van der Waals surface area contributed by atoms with E-state index in [1.807, 2.05) is 0 Å². The first-order valence-corrected chi connectivity index (χ1v) is 17.5. The van der Waals surface area contributed by atoms with Crippen molar-refractivity contribution in [3.63, 3.8) is 0 Å². The van der Waals surface area contributed by atoms with Gasteiger partial charge in [-0.1, -0.05) is 19.6 Å². The maximum atomic E-state index is 14.7. The number of ether oxygens (including phenoxy) is 1. The molecule has 0 bridgehead atoms. The summed E-state index contributed by atoms with van der Waals surface area (Å²) in [5.74, 6) is -0.931. The van der Waals surface area contributed by atoms with Crippen molar-refractivity contribution < 1.29 is 45.1 Å². The molecule has 0 saturated carbocycles. The van der Waals surface area contributed by atoms with Crippen molar-refractivity contribution in [2.45, 2.75) is 70.3 Å². The molecule has 1 aliphatic heterocycles. The fourth-order valence-corrected chi connectivity index (χ4v) is 4.79. The van der Waals surface area contributed by atoms with E-state index in [9.17, 15) is 40.3 Å². The Labute approximate surface area is 254 Å². The molecule has 2 N–H and O–H groups in total. The largest absolute Gasteiger partial charge is 0.423 e. The van der Waals surface area contributed by atoms with Crippen molar-refractivity contribution in [1.29, 1.82) is 0 Å². The smallest absolute Gasteiger partial charge is 0.378 e. The van der Waals surface area contributed by atoms with Crippen LogP contribution in [0.4, 0.5) is 42.4 Å². The van der Waals surface area contributed by atoms with Crippen LogP contribution in [0, 0.1) is 0 Å². The molecule has 11 nitrogen and oxygen atoms in total. The summed E-state index contributed by atoms with van der Waals surface area (Å²) < 4.78 is 100. The van der Waals surface area contributed by atoms with Gasteiger partial charge in [0.2, 0.25) is 5.95 Å². The zero-order chi connectivity index (χ0) is 33.6. The van der Waals surface area contributed by atoms with E-state index in [-0.39, 0.29) is 44.2 Å². The Bertz CT molecular complexity index is 1400. The summed E-state index contributed by atoms with van der Waals surface area (Å²) >= 11 is 0. The molecule has 45 heavy (non-hydrogen) atoms. The number of hydrogen-bond acceptors (Lipinski definition) is 9. The van der Waals surface area contributed by atoms with E-state index < -0.39 is 67.7 Å². The number of halogens is 7. The molecule has 2 aromatic rings. The molecular weight excluding hydrogens is 635 g/mol. The molecule has 1 fully saturated rings. The van der Waals surface area contributed by atoms with E-state index in [2.05, 4.69) is 45.5 Å². The van der Waals surface area contributed by atoms with Gasteiger partial charge in [0.25, 0.3) is 11.5 Å². The van der Waals surface area contributed by atoms with Gasteiger partial charge in [0.05, 0.1) is 30.6 Å². The SMILES string of the molecule is C[C@@H](CONC(=O)/C=C1/CCN(c2ncc(C(F)(F)F)cn2)CC1F)Nc1cnn(COCC[Si](C)(C)C)c(=O)c1C(F)(F)F. The minimum Gasteiger partial charge on any atom is -0.378 e. The molecule has 0 radical (unpaired) electrons. The Morgan fingerprint density at radius 3 is 2.38 bits per heavy atom. The van der Waals surface area contributed by atoms with Crippen molar-refractivity contribution >= 4 is 25.6 Å². The highest BCUT2D eigenvalue weighted by atomic mass is 28.3. The van der Waals surface area contributed by atoms with Gasteiger partial charge >= 0.3 is 12.4 Å². The van der Waals surface area contributed by atoms with Gasteiger partial charge in [-0.2, -0.15) is 31.4 Å². The third-order valence-corrected chi connectivity index (χ3v) is 8.17. The first-order valence-electron chi connectivity index (χ1n) is 13.8. The third-order valence-electron chi connectivity index (χ3n) is 6.46. The number of nitrogens with one attached hydrogen (secondary N) is 2. The fourth-order valence-electron chi connectivity index (χ4n) is 4.03. The number of piperidine rings is 1. The predicted octanol–water partition coefficient (Wildman–Crippen LogP) is 4.41. The number of hydrogen-bond donors (Lipinski definition) is 2. The highest BCUT2D eigenvalue weighted by molar-refractivity contribution is 6.76. The van der Waals surface area contributed by atoms with Crippen LogP contribution in [-0.2, 0) is 33.5 Å². The van der Waals surface area contributed by atoms with E-state index in [1.165, 1.54) is 11.8 Å². The number of anilines is 2. The number of carbonyl (C=O) groups is 1. The summed E-state index contributed by atoms with van der Waals surface area (Å²) in [6, 6.07) is -0.0857. The molecule has 3 heterocycles. The highest BCUT2D eigenvalue weighted by Gasteiger charge is 2.38. The van der Waals surface area contributed by atoms with Crippen molar-refractivity contribution in [2.24, 2.45) is 0 Å². The number of alkyl halides is 7. The average molecular weight is 670 g/mol. The standard InChI is InChI=1S/C26H34F7N7O4Si/c1-16(37-20-12-36-40(15-43-7-8-45(2,3)4)23(42)22(20)26(31,32)33)14-44-38-21(41)9-17-5-6-39(13-19(17)27)24-34-10-18(11-35-24)25(28,29)30/h9-12,16,19,37H,5-8,13-15H2,1-4H3,(H,38,41)/b17-9-/t16-,19?/m0/s1. The quantitative estimate of drug-likeness (QED) is 0.111. The monoisotopic (exact) mass is 669 g/mol. The van der Waals surface area contributed by atoms with Crippen LogP contribution in [0.5, 0.6) is 0 Å². The van der Waals surface area contributed by atoms with Crippen molar-refractivity contribution in [3.8, 4) is 0 Å². The van der Waals surface area contributed by atoms with Gasteiger partial charge in [-0.3, -0.25) is 14.4 Å². The Hall–Kier alpha value is -3.58. The fraction of sp³-hybridized carbons (Fsp3) is 0.577. The van der Waals surface area contributed by atoms with Crippen LogP contribution >= 0.6 is 0 Å². The minimum atomic E-state index is -5.00. The number of rotatable bonds is 12. The Morgan fingerprint density at radius 2 is 1.80 bits per heavy atom. The number of nitrogens with zero attached hydrogens (tertiary/aromatic N) is 5. The second kappa shape index (κ2) is 14.7. The van der Waals surface area contributed by atoms with Gasteiger partial charge in [0.15, 0.2) is 0 Å². The van der Waals surface area contributed by atoms with Crippen LogP contribution < -0.4 is 21.3 Å². The van der Waals surface area contributed by atoms with E-state index >= 15 is 0 Å². The molecule has 1 unspecified atom stereocenters. The summed E-state index contributed by atoms with van der Waals surface area (Å²) in [4.78, 5) is 38.5. The lowest BCUT2D eigenvalue weighted by Gasteiger charge is -2.30. The highest BCUT2D eigenvalue weighted by Crippen LogP contribution is 2.32. The second-order valence-corrected chi connectivity index (χ2v) is 17.2. The van der Waals surface area contributed by atoms with Crippen LogP contribution in [0.15, 0.2) is 35.0 Å². The summed E-state index contributed by atoms with van der Waals surface area (Å²) in [7, 11) is -1.44. The minimum absolute atomic E-state index is 0.0407. The van der Waals surface area contributed by atoms with E-state index in [0.29, 0.717) is 17.1 Å². The maximum Gasteiger partial charge on any atom is 0.423 e. The van der Waals surface area contributed by atoms with Crippen molar-refractivity contribution in [2.75, 3.05) is 36.5 Å². The Morgan fingerprint density at radius 1 is 1.13 bits per heavy atom. The molecule has 0 aromatic carbocycles. The van der Waals surface area contributed by atoms with Crippen LogP contribution in [0.2, 0.25) is 25.7 Å². The second-order valence-electron chi connectivity index (χ2n) is 11.6. The molecule has 0 aliphatic carbocycles. The molecule has 2 aromatic heterocycles. The van der Waals surface area contributed by atoms with Crippen LogP contribution in [-0.4, -0.2) is 72.2 Å². The molecule has 2 atom stereocenters. The third kappa shape index (κ3) is 10.8. The Balaban J connectivity index is 1.52. The molecule has 1 amide bonds. The first kappa shape index (κ1) is 35.9. The van der Waals surface area contributed by atoms with Gasteiger partial charge in [-0.05, 0) is 25.0 Å². The molecular formula is C26H34F7N7O4Si. The maximum absolute atomic E-state index is 14.7. The van der Waals surface area contributed by atoms with Crippen LogP contribution in [0.25, 0.3) is 0 Å². The zero-order valence-electron chi connectivity index (χ0n) is 24.9. The van der Waals surface area contributed by atoms with Gasteiger partial charge in [0, 0.05) is 45.7 Å². The lowest BCUT2D eigenvalue weighted by atomic mass is 10.0. The lowest BCUT2D eigenvalue weighted by Crippen LogP contribution is -2.39. The lowest BCUT2D eigenvalue weighted by molar-refractivity contribution is -0.139. The number of hydroxylamine groups is 1. The van der Waals surface area contributed by atoms with Gasteiger partial charge in [-0.25, -0.2) is 24.5 Å². The summed E-state index contributed by atoms with van der Waals surface area (Å²) in [5, 5.41) is 6.28. The average Bonchev–Trinajstić information content (AvgIpc) is 2.91. The summed E-state index contributed by atoms with van der Waals surface area (Å²) in [6.45, 7) is 7.08. The van der Waals surface area contributed by atoms with Crippen LogP contribution in [0.3, 0.4) is 0 Å². The number of aromatic nitrogens is 4. The van der Waals surface area contributed by atoms with E-state index in [0.717, 1.165) is 18.3 Å². The van der Waals surface area contributed by atoms with Crippen molar-refractivity contribution in [1.82, 2.24) is 25.2 Å². The van der Waals surface area contributed by atoms with Crippen LogP contribution in [0.1, 0.15) is 24.5 Å².